The van der Waals surface area contributed by atoms with Crippen molar-refractivity contribution in [1.82, 2.24) is 21.1 Å². The number of hydrazine groups is 1. The quantitative estimate of drug-likeness (QED) is 0.296. The first-order chi connectivity index (χ1) is 14.7. The standard InChI is InChI=1S/C22H33FN4O4/c1-21(2,30)15-31-18-14-16(6-7-17(18)23)22(9-10-22)26-24-11-4-3-5-12-27-13-8-19(28)25-20(27)29/h6-7,14,24,26,30H,3-5,8-13,15H2,1-2H3,(H,25,28,29). The van der Waals surface area contributed by atoms with Crippen LogP contribution in [0.4, 0.5) is 9.18 Å². The highest BCUT2D eigenvalue weighted by atomic mass is 19.1. The van der Waals surface area contributed by atoms with E-state index in [4.69, 9.17) is 4.74 Å². The van der Waals surface area contributed by atoms with Crippen molar-refractivity contribution in [2.24, 2.45) is 0 Å². The number of urea groups is 1. The Morgan fingerprint density at radius 3 is 2.71 bits per heavy atom. The number of hydrogen-bond acceptors (Lipinski definition) is 6. The summed E-state index contributed by atoms with van der Waals surface area (Å²) >= 11 is 0. The molecule has 1 aliphatic heterocycles. The summed E-state index contributed by atoms with van der Waals surface area (Å²) in [5.74, 6) is -0.498. The van der Waals surface area contributed by atoms with Gasteiger partial charge in [0.2, 0.25) is 5.91 Å². The van der Waals surface area contributed by atoms with Gasteiger partial charge >= 0.3 is 6.03 Å². The van der Waals surface area contributed by atoms with E-state index in [1.807, 2.05) is 0 Å². The monoisotopic (exact) mass is 436 g/mol. The van der Waals surface area contributed by atoms with Gasteiger partial charge in [-0.1, -0.05) is 12.5 Å². The van der Waals surface area contributed by atoms with Gasteiger partial charge in [0.05, 0.1) is 11.1 Å². The molecule has 9 heteroatoms. The molecule has 0 bridgehead atoms. The number of aliphatic hydroxyl groups is 1. The van der Waals surface area contributed by atoms with Crippen LogP contribution in [0.3, 0.4) is 0 Å². The van der Waals surface area contributed by atoms with E-state index in [1.54, 1.807) is 30.9 Å². The summed E-state index contributed by atoms with van der Waals surface area (Å²) in [6.45, 7) is 5.17. The van der Waals surface area contributed by atoms with E-state index in [2.05, 4.69) is 16.2 Å². The molecule has 8 nitrogen and oxygen atoms in total. The predicted octanol–water partition coefficient (Wildman–Crippen LogP) is 2.17. The van der Waals surface area contributed by atoms with Gasteiger partial charge < -0.3 is 14.7 Å². The van der Waals surface area contributed by atoms with Crippen LogP contribution >= 0.6 is 0 Å². The Morgan fingerprint density at radius 1 is 1.26 bits per heavy atom. The average molecular weight is 437 g/mol. The van der Waals surface area contributed by atoms with Crippen LogP contribution in [0, 0.1) is 5.82 Å². The number of benzene rings is 1. The Kier molecular flexibility index (Phi) is 7.51. The Hall–Kier alpha value is -2.23. The fourth-order valence-electron chi connectivity index (χ4n) is 3.51. The van der Waals surface area contributed by atoms with Crippen LogP contribution in [0.15, 0.2) is 18.2 Å². The fourth-order valence-corrected chi connectivity index (χ4v) is 3.51. The fraction of sp³-hybridized carbons (Fsp3) is 0.636. The molecule has 0 aromatic heterocycles. The number of carbonyl (C=O) groups is 2. The van der Waals surface area contributed by atoms with Crippen molar-refractivity contribution in [2.75, 3.05) is 26.2 Å². The first-order valence-electron chi connectivity index (χ1n) is 10.9. The molecule has 0 unspecified atom stereocenters. The molecule has 2 aliphatic rings. The van der Waals surface area contributed by atoms with Crippen molar-refractivity contribution in [1.29, 1.82) is 0 Å². The highest BCUT2D eigenvalue weighted by Crippen LogP contribution is 2.46. The smallest absolute Gasteiger partial charge is 0.324 e. The number of nitrogens with zero attached hydrogens (tertiary/aromatic N) is 1. The Bertz CT molecular complexity index is 792. The maximum atomic E-state index is 14.1. The van der Waals surface area contributed by atoms with Crippen molar-refractivity contribution < 1.29 is 23.8 Å². The van der Waals surface area contributed by atoms with E-state index in [1.165, 1.54) is 6.07 Å². The van der Waals surface area contributed by atoms with Crippen LogP contribution in [-0.4, -0.2) is 53.8 Å². The SMILES string of the molecule is CC(C)(O)COc1cc(C2(NNCCCCCN3CCC(=O)NC3=O)CC2)ccc1F. The van der Waals surface area contributed by atoms with E-state index in [0.29, 0.717) is 19.5 Å². The average Bonchev–Trinajstić information content (AvgIpc) is 3.48. The number of halogens is 1. The summed E-state index contributed by atoms with van der Waals surface area (Å²) in [5, 5.41) is 12.1. The van der Waals surface area contributed by atoms with Crippen molar-refractivity contribution in [3.05, 3.63) is 29.6 Å². The molecule has 3 rings (SSSR count). The van der Waals surface area contributed by atoms with Crippen molar-refractivity contribution in [3.63, 3.8) is 0 Å². The summed E-state index contributed by atoms with van der Waals surface area (Å²) in [6.07, 6.45) is 5.05. The van der Waals surface area contributed by atoms with Gasteiger partial charge in [-0.05, 0) is 57.2 Å². The molecule has 172 valence electrons. The number of rotatable bonds is 12. The third-order valence-corrected chi connectivity index (χ3v) is 5.51. The van der Waals surface area contributed by atoms with Gasteiger partial charge in [-0.3, -0.25) is 15.5 Å². The van der Waals surface area contributed by atoms with Crippen LogP contribution in [0.1, 0.15) is 57.9 Å². The molecule has 3 amide bonds. The summed E-state index contributed by atoms with van der Waals surface area (Å²) in [7, 11) is 0. The molecular weight excluding hydrogens is 403 g/mol. The van der Waals surface area contributed by atoms with Gasteiger partial charge in [-0.2, -0.15) is 0 Å². The van der Waals surface area contributed by atoms with Crippen molar-refractivity contribution in [3.8, 4) is 5.75 Å². The van der Waals surface area contributed by atoms with E-state index in [9.17, 15) is 19.1 Å². The Morgan fingerprint density at radius 2 is 2.03 bits per heavy atom. The second-order valence-electron chi connectivity index (χ2n) is 9.03. The molecular formula is C22H33FN4O4. The van der Waals surface area contributed by atoms with E-state index < -0.39 is 11.4 Å². The zero-order valence-corrected chi connectivity index (χ0v) is 18.3. The van der Waals surface area contributed by atoms with Gasteiger partial charge in [0, 0.05) is 26.1 Å². The molecule has 2 fully saturated rings. The molecule has 0 radical (unpaired) electrons. The summed E-state index contributed by atoms with van der Waals surface area (Å²) in [4.78, 5) is 24.5. The number of imide groups is 1. The molecule has 1 aromatic carbocycles. The Labute approximate surface area is 182 Å². The summed E-state index contributed by atoms with van der Waals surface area (Å²) < 4.78 is 19.5. The first-order valence-corrected chi connectivity index (χ1v) is 10.9. The van der Waals surface area contributed by atoms with Gasteiger partial charge in [0.15, 0.2) is 11.6 Å². The van der Waals surface area contributed by atoms with Crippen molar-refractivity contribution in [2.45, 2.75) is 63.5 Å². The third-order valence-electron chi connectivity index (χ3n) is 5.51. The molecule has 4 N–H and O–H groups in total. The molecule has 1 saturated carbocycles. The third kappa shape index (κ3) is 6.88. The van der Waals surface area contributed by atoms with E-state index >= 15 is 0 Å². The highest BCUT2D eigenvalue weighted by molar-refractivity contribution is 5.96. The number of unbranched alkanes of at least 4 members (excludes halogenated alkanes) is 2. The largest absolute Gasteiger partial charge is 0.488 e. The van der Waals surface area contributed by atoms with E-state index in [0.717, 1.165) is 44.2 Å². The molecule has 31 heavy (non-hydrogen) atoms. The lowest BCUT2D eigenvalue weighted by molar-refractivity contribution is -0.121. The zero-order chi connectivity index (χ0) is 22.5. The zero-order valence-electron chi connectivity index (χ0n) is 18.3. The lowest BCUT2D eigenvalue weighted by Gasteiger charge is -2.26. The van der Waals surface area contributed by atoms with Crippen LogP contribution in [0.2, 0.25) is 0 Å². The van der Waals surface area contributed by atoms with Gasteiger partial charge in [0.25, 0.3) is 0 Å². The lowest BCUT2D eigenvalue weighted by atomic mass is 10.0. The molecule has 1 heterocycles. The van der Waals surface area contributed by atoms with Crippen molar-refractivity contribution >= 4 is 11.9 Å². The van der Waals surface area contributed by atoms with Crippen LogP contribution < -0.4 is 20.9 Å². The van der Waals surface area contributed by atoms with Gasteiger partial charge in [0.1, 0.15) is 6.61 Å². The minimum Gasteiger partial charge on any atom is -0.488 e. The number of ether oxygens (including phenoxy) is 1. The normalized spacial score (nSPS) is 18.1. The summed E-state index contributed by atoms with van der Waals surface area (Å²) in [6, 6.07) is 4.58. The number of hydrogen-bond donors (Lipinski definition) is 4. The summed E-state index contributed by atoms with van der Waals surface area (Å²) in [5.41, 5.74) is 6.34. The topological polar surface area (TPSA) is 103 Å². The second kappa shape index (κ2) is 9.93. The van der Waals surface area contributed by atoms with Crippen LogP contribution in [0.25, 0.3) is 0 Å². The van der Waals surface area contributed by atoms with Crippen LogP contribution in [-0.2, 0) is 10.3 Å². The van der Waals surface area contributed by atoms with E-state index in [-0.39, 0.29) is 29.8 Å². The van der Waals surface area contributed by atoms with Gasteiger partial charge in [-0.25, -0.2) is 14.6 Å². The van der Waals surface area contributed by atoms with Crippen LogP contribution in [0.5, 0.6) is 5.75 Å². The maximum Gasteiger partial charge on any atom is 0.324 e. The molecule has 1 saturated heterocycles. The first kappa shape index (κ1) is 23.4. The molecule has 1 aliphatic carbocycles. The van der Waals surface area contributed by atoms with Gasteiger partial charge in [-0.15, -0.1) is 0 Å². The minimum atomic E-state index is -1.03. The Balaban J connectivity index is 1.37. The number of nitrogens with one attached hydrogen (secondary N) is 3. The molecule has 1 aromatic rings. The maximum absolute atomic E-state index is 14.1. The number of carbonyl (C=O) groups excluding carboxylic acids is 2. The second-order valence-corrected chi connectivity index (χ2v) is 9.03. The predicted molar refractivity (Wildman–Crippen MR) is 114 cm³/mol. The molecule has 0 spiro atoms. The molecule has 0 atom stereocenters. The highest BCUT2D eigenvalue weighted by Gasteiger charge is 2.44. The number of amides is 3. The minimum absolute atomic E-state index is 0.0153. The lowest BCUT2D eigenvalue weighted by Crippen LogP contribution is -2.49.